The molecular weight excluding hydrogens is 779 g/mol. The van der Waals surface area contributed by atoms with Crippen LogP contribution in [0.1, 0.15) is 54.2 Å². The molecule has 61 heavy (non-hydrogen) atoms. The summed E-state index contributed by atoms with van der Waals surface area (Å²) < 4.78 is 41.9. The number of amides is 1. The number of methoxy groups -OCH3 is 1. The Morgan fingerprint density at radius 1 is 0.623 bits per heavy atom. The van der Waals surface area contributed by atoms with Crippen molar-refractivity contribution in [2.75, 3.05) is 19.0 Å². The minimum atomic E-state index is -1.43. The zero-order chi connectivity index (χ0) is 42.4. The van der Waals surface area contributed by atoms with Crippen molar-refractivity contribution in [3.63, 3.8) is 0 Å². The molecule has 0 bridgehead atoms. The van der Waals surface area contributed by atoms with Crippen molar-refractivity contribution in [2.45, 2.75) is 44.1 Å². The van der Waals surface area contributed by atoms with Crippen LogP contribution in [-0.2, 0) is 36.7 Å². The number of nitrogens with one attached hydrogen (secondary N) is 1. The molecule has 310 valence electrons. The molecule has 0 aromatic heterocycles. The molecule has 0 radical (unpaired) electrons. The highest BCUT2D eigenvalue weighted by atomic mass is 16.7. The maximum absolute atomic E-state index is 13.8. The van der Waals surface area contributed by atoms with Crippen molar-refractivity contribution in [1.82, 2.24) is 0 Å². The van der Waals surface area contributed by atoms with Crippen LogP contribution >= 0.6 is 0 Å². The van der Waals surface area contributed by atoms with E-state index in [1.165, 1.54) is 0 Å². The first-order valence-corrected chi connectivity index (χ1v) is 19.6. The van der Waals surface area contributed by atoms with Crippen LogP contribution < -0.4 is 14.8 Å². The van der Waals surface area contributed by atoms with Gasteiger partial charge >= 0.3 is 24.0 Å². The predicted molar refractivity (Wildman–Crippen MR) is 224 cm³/mol. The highest BCUT2D eigenvalue weighted by Crippen LogP contribution is 2.34. The van der Waals surface area contributed by atoms with Gasteiger partial charge in [-0.1, -0.05) is 103 Å². The Hall–Kier alpha value is -7.44. The van der Waals surface area contributed by atoms with Crippen molar-refractivity contribution in [3.05, 3.63) is 197 Å². The molecule has 12 nitrogen and oxygen atoms in total. The van der Waals surface area contributed by atoms with Gasteiger partial charge in [0.15, 0.2) is 0 Å². The monoisotopic (exact) mass is 821 g/mol. The van der Waals surface area contributed by atoms with Crippen LogP contribution in [0.15, 0.2) is 164 Å². The van der Waals surface area contributed by atoms with Gasteiger partial charge in [-0.25, -0.2) is 19.2 Å². The average molecular weight is 822 g/mol. The summed E-state index contributed by atoms with van der Waals surface area (Å²) in [6.45, 7) is -0.199. The Labute approximate surface area is 352 Å². The summed E-state index contributed by atoms with van der Waals surface area (Å²) >= 11 is 0. The van der Waals surface area contributed by atoms with Crippen molar-refractivity contribution in [1.29, 1.82) is 0 Å². The minimum absolute atomic E-state index is 0.0270. The van der Waals surface area contributed by atoms with Crippen molar-refractivity contribution >= 4 is 29.7 Å². The molecule has 6 aromatic rings. The molecule has 1 fully saturated rings. The van der Waals surface area contributed by atoms with Gasteiger partial charge < -0.3 is 33.2 Å². The van der Waals surface area contributed by atoms with Crippen molar-refractivity contribution in [2.24, 2.45) is 0 Å². The number of carbonyl (C=O) groups excluding carboxylic acids is 4. The first-order valence-electron chi connectivity index (χ1n) is 19.6. The largest absolute Gasteiger partial charge is 0.497 e. The topological polar surface area (TPSA) is 145 Å². The Morgan fingerprint density at radius 2 is 1.20 bits per heavy atom. The number of ether oxygens (including phenoxy) is 7. The second-order valence-electron chi connectivity index (χ2n) is 14.0. The summed E-state index contributed by atoms with van der Waals surface area (Å²) in [5.74, 6) is -1.04. The van der Waals surface area contributed by atoms with Gasteiger partial charge in [0.05, 0.1) is 29.9 Å². The molecule has 1 aliphatic heterocycles. The van der Waals surface area contributed by atoms with Crippen LogP contribution in [0.25, 0.3) is 0 Å². The Balaban J connectivity index is 1.22. The Bertz CT molecular complexity index is 2380. The highest BCUT2D eigenvalue weighted by molar-refractivity contribution is 5.91. The number of hydrogen-bond acceptors (Lipinski definition) is 11. The van der Waals surface area contributed by atoms with Crippen LogP contribution in [0.4, 0.5) is 10.5 Å². The van der Waals surface area contributed by atoms with Gasteiger partial charge in [0.25, 0.3) is 0 Å². The van der Waals surface area contributed by atoms with E-state index in [1.54, 1.807) is 116 Å². The van der Waals surface area contributed by atoms with E-state index in [1.807, 2.05) is 54.6 Å². The molecule has 0 saturated carbocycles. The van der Waals surface area contributed by atoms with E-state index in [2.05, 4.69) is 5.32 Å². The van der Waals surface area contributed by atoms with E-state index >= 15 is 0 Å². The Kier molecular flexibility index (Phi) is 14.0. The molecule has 0 spiro atoms. The second kappa shape index (κ2) is 20.5. The molecular formula is C49H43NO11. The van der Waals surface area contributed by atoms with Gasteiger partial charge in [-0.05, 0) is 71.3 Å². The van der Waals surface area contributed by atoms with Crippen molar-refractivity contribution < 1.29 is 52.3 Å². The smallest absolute Gasteiger partial charge is 0.411 e. The highest BCUT2D eigenvalue weighted by Gasteiger charge is 2.46. The molecule has 1 aliphatic rings. The van der Waals surface area contributed by atoms with Gasteiger partial charge in [0, 0.05) is 24.6 Å². The molecule has 1 amide bonds. The molecule has 1 heterocycles. The molecule has 7 rings (SSSR count). The van der Waals surface area contributed by atoms with Crippen LogP contribution in [0.3, 0.4) is 0 Å². The van der Waals surface area contributed by atoms with Crippen LogP contribution in [-0.4, -0.2) is 62.3 Å². The van der Waals surface area contributed by atoms with Gasteiger partial charge in [-0.15, -0.1) is 0 Å². The second-order valence-corrected chi connectivity index (χ2v) is 14.0. The third-order valence-corrected chi connectivity index (χ3v) is 9.71. The number of carbonyl (C=O) groups is 4. The predicted octanol–water partition coefficient (Wildman–Crippen LogP) is 8.84. The van der Waals surface area contributed by atoms with E-state index in [-0.39, 0.29) is 36.5 Å². The quantitative estimate of drug-likeness (QED) is 0.0784. The molecule has 0 aliphatic carbocycles. The summed E-state index contributed by atoms with van der Waals surface area (Å²) in [5.41, 5.74) is 3.57. The fourth-order valence-corrected chi connectivity index (χ4v) is 6.57. The first kappa shape index (κ1) is 41.7. The lowest BCUT2D eigenvalue weighted by Crippen LogP contribution is -2.55. The van der Waals surface area contributed by atoms with E-state index in [4.69, 9.17) is 33.2 Å². The first-order chi connectivity index (χ1) is 29.8. The third-order valence-electron chi connectivity index (χ3n) is 9.71. The van der Waals surface area contributed by atoms with Crippen LogP contribution in [0, 0.1) is 0 Å². The maximum Gasteiger partial charge on any atom is 0.411 e. The van der Waals surface area contributed by atoms with Gasteiger partial charge in [0.2, 0.25) is 12.4 Å². The minimum Gasteiger partial charge on any atom is -0.497 e. The fraction of sp³-hybridized carbons (Fsp3) is 0.184. The number of benzene rings is 6. The summed E-state index contributed by atoms with van der Waals surface area (Å²) in [4.78, 5) is 53.5. The van der Waals surface area contributed by atoms with Crippen LogP contribution in [0.2, 0.25) is 0 Å². The number of anilines is 1. The molecule has 0 unspecified atom stereocenters. The number of hydrogen-bond donors (Lipinski definition) is 1. The van der Waals surface area contributed by atoms with E-state index in [0.29, 0.717) is 29.0 Å². The standard InChI is InChI=1S/C49H43NO11/c1-55-40-26-22-33(23-27-40)28-38-24-25-39(50-49(54)57-31-34-14-6-2-7-15-34)29-42(38)60-48-44(61-47(53)37-20-12-5-13-21-37)43(59-46(52)36-18-10-4-11-19-36)30-41(58-48)32-56-45(51)35-16-8-3-9-17-35/h2-27,29,41,43-44,48H,28,30-32H2,1H3,(H,50,54)/t41-,43-,44+,48-/m0/s1. The summed E-state index contributed by atoms with van der Waals surface area (Å²) in [6.07, 6.45) is -5.15. The zero-order valence-corrected chi connectivity index (χ0v) is 33.2. The van der Waals surface area contributed by atoms with Gasteiger partial charge in [-0.2, -0.15) is 0 Å². The van der Waals surface area contributed by atoms with Crippen LogP contribution in [0.5, 0.6) is 11.5 Å². The van der Waals surface area contributed by atoms with Gasteiger partial charge in [-0.3, -0.25) is 5.32 Å². The molecule has 6 aromatic carbocycles. The van der Waals surface area contributed by atoms with E-state index < -0.39 is 48.6 Å². The molecule has 1 N–H and O–H groups in total. The number of rotatable bonds is 15. The summed E-state index contributed by atoms with van der Waals surface area (Å²) in [5, 5.41) is 2.76. The lowest BCUT2D eigenvalue weighted by Gasteiger charge is -2.40. The Morgan fingerprint density at radius 3 is 1.80 bits per heavy atom. The molecule has 12 heteroatoms. The normalized spacial score (nSPS) is 16.9. The summed E-state index contributed by atoms with van der Waals surface area (Å²) in [7, 11) is 1.59. The number of esters is 3. The maximum atomic E-state index is 13.8. The fourth-order valence-electron chi connectivity index (χ4n) is 6.57. The van der Waals surface area contributed by atoms with Crippen molar-refractivity contribution in [3.8, 4) is 11.5 Å². The van der Waals surface area contributed by atoms with E-state index in [0.717, 1.165) is 11.1 Å². The molecule has 1 saturated heterocycles. The zero-order valence-electron chi connectivity index (χ0n) is 33.2. The lowest BCUT2D eigenvalue weighted by atomic mass is 10.0. The average Bonchev–Trinajstić information content (AvgIpc) is 3.30. The summed E-state index contributed by atoms with van der Waals surface area (Å²) in [6, 6.07) is 47.1. The lowest BCUT2D eigenvalue weighted by molar-refractivity contribution is -0.240. The van der Waals surface area contributed by atoms with Gasteiger partial charge in [0.1, 0.15) is 30.8 Å². The van der Waals surface area contributed by atoms with E-state index in [9.17, 15) is 19.2 Å². The third kappa shape index (κ3) is 11.6. The molecule has 4 atom stereocenters. The SMILES string of the molecule is COc1ccc(Cc2ccc(NC(=O)OCc3ccccc3)cc2O[C@@H]2O[C@H](COC(=O)c3ccccc3)C[C@H](OC(=O)c3ccccc3)[C@H]2OC(=O)c2ccccc2)cc1.